The van der Waals surface area contributed by atoms with E-state index in [-0.39, 0.29) is 17.4 Å². The molecule has 3 aromatic rings. The predicted octanol–water partition coefficient (Wildman–Crippen LogP) is 5.57. The van der Waals surface area contributed by atoms with Crippen LogP contribution in [0.3, 0.4) is 0 Å². The Morgan fingerprint density at radius 3 is 2.22 bits per heavy atom. The van der Waals surface area contributed by atoms with Crippen LogP contribution in [0, 0.1) is 0 Å². The van der Waals surface area contributed by atoms with Crippen molar-refractivity contribution in [3.63, 3.8) is 0 Å². The summed E-state index contributed by atoms with van der Waals surface area (Å²) in [5.74, 6) is -1.06. The number of amides is 1. The molecule has 2 aromatic carbocycles. The van der Waals surface area contributed by atoms with Crippen LogP contribution in [0.4, 0.5) is 9.80 Å². The Morgan fingerprint density at radius 2 is 1.67 bits per heavy atom. The third kappa shape index (κ3) is 3.36. The van der Waals surface area contributed by atoms with Crippen molar-refractivity contribution in [2.75, 3.05) is 11.9 Å². The first-order chi connectivity index (χ1) is 13.0. The van der Waals surface area contributed by atoms with Crippen LogP contribution >= 0.6 is 27.3 Å². The number of carboxylic acids is 1. The number of hydrogen-bond acceptors (Lipinski definition) is 4. The Kier molecular flexibility index (Phi) is 4.72. The fraction of sp³-hybridized carbons (Fsp3) is 0.100. The zero-order chi connectivity index (χ0) is 19.0. The van der Waals surface area contributed by atoms with Gasteiger partial charge < -0.3 is 9.84 Å². The molecule has 0 atom stereocenters. The van der Waals surface area contributed by atoms with E-state index in [4.69, 9.17) is 9.84 Å². The molecular formula is C20H14BrNO4S. The highest BCUT2D eigenvalue weighted by Crippen LogP contribution is 2.44. The Balaban J connectivity index is 1.49. The highest BCUT2D eigenvalue weighted by molar-refractivity contribution is 9.10. The van der Waals surface area contributed by atoms with Crippen LogP contribution < -0.4 is 5.32 Å². The molecule has 1 aliphatic carbocycles. The Morgan fingerprint density at radius 1 is 1.07 bits per heavy atom. The lowest BCUT2D eigenvalue weighted by atomic mass is 9.98. The number of benzene rings is 2. The summed E-state index contributed by atoms with van der Waals surface area (Å²) in [6.45, 7) is 0.203. The van der Waals surface area contributed by atoms with Gasteiger partial charge in [-0.15, -0.1) is 11.3 Å². The molecule has 7 heteroatoms. The van der Waals surface area contributed by atoms with Crippen molar-refractivity contribution in [2.24, 2.45) is 0 Å². The standard InChI is InChI=1S/C20H14BrNO4S/c21-16-9-17(19(23)24)27-18(16)22-20(25)26-10-15-13-7-3-1-5-11(13)12-6-2-4-8-14(12)15/h1-9,15H,10H2,(H,22,25)(H,23,24). The summed E-state index contributed by atoms with van der Waals surface area (Å²) in [6.07, 6.45) is -0.614. The molecule has 0 unspecified atom stereocenters. The van der Waals surface area contributed by atoms with Crippen LogP contribution in [0.15, 0.2) is 59.1 Å². The molecule has 0 fully saturated rings. The minimum Gasteiger partial charge on any atom is -0.477 e. The lowest BCUT2D eigenvalue weighted by Crippen LogP contribution is -2.17. The van der Waals surface area contributed by atoms with Crippen molar-refractivity contribution < 1.29 is 19.4 Å². The maximum Gasteiger partial charge on any atom is 0.412 e. The molecule has 136 valence electrons. The number of anilines is 1. The molecule has 0 saturated carbocycles. The first-order valence-electron chi connectivity index (χ1n) is 8.19. The number of halogens is 1. The summed E-state index contributed by atoms with van der Waals surface area (Å²) in [7, 11) is 0. The predicted molar refractivity (Wildman–Crippen MR) is 108 cm³/mol. The molecule has 0 saturated heterocycles. The second kappa shape index (κ2) is 7.17. The Bertz CT molecular complexity index is 1000. The van der Waals surface area contributed by atoms with E-state index in [1.54, 1.807) is 0 Å². The minimum absolute atomic E-state index is 0.0236. The van der Waals surface area contributed by atoms with E-state index in [0.29, 0.717) is 9.47 Å². The van der Waals surface area contributed by atoms with Crippen LogP contribution in [-0.4, -0.2) is 23.8 Å². The summed E-state index contributed by atoms with van der Waals surface area (Å²) in [6, 6.07) is 17.7. The fourth-order valence-corrected chi connectivity index (χ4v) is 4.78. The lowest BCUT2D eigenvalue weighted by Gasteiger charge is -2.14. The second-order valence-electron chi connectivity index (χ2n) is 6.04. The van der Waals surface area contributed by atoms with Gasteiger partial charge >= 0.3 is 12.1 Å². The van der Waals surface area contributed by atoms with Gasteiger partial charge in [0.2, 0.25) is 0 Å². The van der Waals surface area contributed by atoms with Crippen molar-refractivity contribution in [3.8, 4) is 11.1 Å². The summed E-state index contributed by atoms with van der Waals surface area (Å²) in [5.41, 5.74) is 4.59. The van der Waals surface area contributed by atoms with Crippen molar-refractivity contribution in [3.05, 3.63) is 75.1 Å². The van der Waals surface area contributed by atoms with Gasteiger partial charge in [-0.1, -0.05) is 48.5 Å². The summed E-state index contributed by atoms with van der Waals surface area (Å²) in [5, 5.41) is 12.0. The molecule has 27 heavy (non-hydrogen) atoms. The minimum atomic E-state index is -1.04. The van der Waals surface area contributed by atoms with Gasteiger partial charge in [-0.3, -0.25) is 5.32 Å². The first-order valence-corrected chi connectivity index (χ1v) is 9.80. The molecule has 1 heterocycles. The summed E-state index contributed by atoms with van der Waals surface area (Å²) >= 11 is 4.22. The highest BCUT2D eigenvalue weighted by atomic mass is 79.9. The molecule has 0 bridgehead atoms. The van der Waals surface area contributed by atoms with Crippen LogP contribution in [0.1, 0.15) is 26.7 Å². The van der Waals surface area contributed by atoms with Gasteiger partial charge in [0, 0.05) is 5.92 Å². The number of rotatable bonds is 4. The van der Waals surface area contributed by atoms with Crippen molar-refractivity contribution >= 4 is 44.3 Å². The van der Waals surface area contributed by atoms with Gasteiger partial charge in [-0.05, 0) is 44.3 Å². The molecular weight excluding hydrogens is 430 g/mol. The normalized spacial score (nSPS) is 12.3. The van der Waals surface area contributed by atoms with Gasteiger partial charge in [0.15, 0.2) is 0 Å². The zero-order valence-electron chi connectivity index (χ0n) is 13.9. The number of nitrogens with one attached hydrogen (secondary N) is 1. The third-order valence-corrected chi connectivity index (χ3v) is 6.38. The quantitative estimate of drug-likeness (QED) is 0.552. The van der Waals surface area contributed by atoms with E-state index in [1.807, 2.05) is 24.3 Å². The van der Waals surface area contributed by atoms with Gasteiger partial charge in [0.05, 0.1) is 4.47 Å². The number of carboxylic acid groups (broad SMARTS) is 1. The fourth-order valence-electron chi connectivity index (χ4n) is 3.29. The van der Waals surface area contributed by atoms with Crippen molar-refractivity contribution in [1.29, 1.82) is 0 Å². The van der Waals surface area contributed by atoms with Gasteiger partial charge in [0.25, 0.3) is 0 Å². The van der Waals surface area contributed by atoms with Gasteiger partial charge in [-0.2, -0.15) is 0 Å². The van der Waals surface area contributed by atoms with E-state index < -0.39 is 12.1 Å². The number of fused-ring (bicyclic) bond motifs is 3. The lowest BCUT2D eigenvalue weighted by molar-refractivity contribution is 0.0702. The average Bonchev–Trinajstić information content (AvgIpc) is 3.19. The Hall–Kier alpha value is -2.64. The Labute approximate surface area is 167 Å². The van der Waals surface area contributed by atoms with E-state index in [0.717, 1.165) is 33.6 Å². The van der Waals surface area contributed by atoms with Crippen LogP contribution in [0.2, 0.25) is 0 Å². The van der Waals surface area contributed by atoms with Crippen LogP contribution in [-0.2, 0) is 4.74 Å². The monoisotopic (exact) mass is 443 g/mol. The molecule has 5 nitrogen and oxygen atoms in total. The molecule has 2 N–H and O–H groups in total. The molecule has 1 aliphatic rings. The number of carbonyl (C=O) groups is 2. The number of carbonyl (C=O) groups excluding carboxylic acids is 1. The van der Waals surface area contributed by atoms with E-state index in [2.05, 4.69) is 45.5 Å². The number of hydrogen-bond donors (Lipinski definition) is 2. The number of thiophene rings is 1. The zero-order valence-corrected chi connectivity index (χ0v) is 16.3. The smallest absolute Gasteiger partial charge is 0.412 e. The van der Waals surface area contributed by atoms with Crippen LogP contribution in [0.5, 0.6) is 0 Å². The summed E-state index contributed by atoms with van der Waals surface area (Å²) < 4.78 is 5.97. The van der Waals surface area contributed by atoms with E-state index >= 15 is 0 Å². The summed E-state index contributed by atoms with van der Waals surface area (Å²) in [4.78, 5) is 23.4. The first kappa shape index (κ1) is 17.8. The highest BCUT2D eigenvalue weighted by Gasteiger charge is 2.29. The maximum atomic E-state index is 12.2. The largest absolute Gasteiger partial charge is 0.477 e. The second-order valence-corrected chi connectivity index (χ2v) is 7.95. The molecule has 1 amide bonds. The number of aromatic carboxylic acids is 1. The van der Waals surface area contributed by atoms with Gasteiger partial charge in [0.1, 0.15) is 16.5 Å². The number of ether oxygens (including phenoxy) is 1. The van der Waals surface area contributed by atoms with Crippen molar-refractivity contribution in [1.82, 2.24) is 0 Å². The van der Waals surface area contributed by atoms with Crippen LogP contribution in [0.25, 0.3) is 11.1 Å². The SMILES string of the molecule is O=C(Nc1sc(C(=O)O)cc1Br)OCC1c2ccccc2-c2ccccc21. The maximum absolute atomic E-state index is 12.2. The van der Waals surface area contributed by atoms with E-state index in [9.17, 15) is 9.59 Å². The third-order valence-electron chi connectivity index (χ3n) is 4.46. The molecule has 1 aromatic heterocycles. The van der Waals surface area contributed by atoms with Crippen molar-refractivity contribution in [2.45, 2.75) is 5.92 Å². The van der Waals surface area contributed by atoms with Gasteiger partial charge in [-0.25, -0.2) is 9.59 Å². The molecule has 0 radical (unpaired) electrons. The topological polar surface area (TPSA) is 75.6 Å². The average molecular weight is 444 g/mol. The molecule has 4 rings (SSSR count). The molecule has 0 aliphatic heterocycles. The molecule has 0 spiro atoms. The van der Waals surface area contributed by atoms with E-state index in [1.165, 1.54) is 6.07 Å².